The molecular weight excluding hydrogens is 405 g/mol. The first-order chi connectivity index (χ1) is 14.4. The lowest BCUT2D eigenvalue weighted by Gasteiger charge is -2.18. The first-order valence-electron chi connectivity index (χ1n) is 9.81. The molecule has 0 unspecified atom stereocenters. The molecule has 0 saturated carbocycles. The van der Waals surface area contributed by atoms with E-state index in [4.69, 9.17) is 4.74 Å². The summed E-state index contributed by atoms with van der Waals surface area (Å²) in [5.74, 6) is 0.0574. The van der Waals surface area contributed by atoms with Gasteiger partial charge >= 0.3 is 0 Å². The molecule has 3 rings (SSSR count). The fourth-order valence-electron chi connectivity index (χ4n) is 3.23. The summed E-state index contributed by atoms with van der Waals surface area (Å²) in [4.78, 5) is 0.178. The van der Waals surface area contributed by atoms with Crippen LogP contribution in [0.5, 0.6) is 5.75 Å². The number of aryl methyl sites for hydroxylation is 1. The maximum Gasteiger partial charge on any atom is 0.246 e. The highest BCUT2D eigenvalue weighted by Gasteiger charge is 2.23. The number of halogens is 1. The second-order valence-corrected chi connectivity index (χ2v) is 9.09. The molecule has 0 radical (unpaired) electrons. The van der Waals surface area contributed by atoms with Crippen molar-refractivity contribution in [2.45, 2.75) is 30.6 Å². The molecule has 2 aromatic carbocycles. The number of ether oxygens (including phenoxy) is 1. The van der Waals surface area contributed by atoms with Crippen LogP contribution in [0.2, 0.25) is 0 Å². The molecule has 0 aliphatic heterocycles. The van der Waals surface area contributed by atoms with Gasteiger partial charge in [0.15, 0.2) is 0 Å². The van der Waals surface area contributed by atoms with Gasteiger partial charge in [0, 0.05) is 24.8 Å². The van der Waals surface area contributed by atoms with Crippen LogP contribution in [-0.4, -0.2) is 43.6 Å². The van der Waals surface area contributed by atoms with Crippen molar-refractivity contribution in [2.75, 3.05) is 20.7 Å². The topological polar surface area (TPSA) is 75.3 Å². The third-order valence-corrected chi connectivity index (χ3v) is 6.82. The Morgan fingerprint density at radius 2 is 1.87 bits per heavy atom. The van der Waals surface area contributed by atoms with Crippen LogP contribution in [0.1, 0.15) is 25.0 Å². The van der Waals surface area contributed by atoms with Crippen LogP contribution < -0.4 is 4.74 Å². The molecular formula is C22H26FN3O3S. The third-order valence-electron chi connectivity index (χ3n) is 4.93. The second-order valence-electron chi connectivity index (χ2n) is 7.08. The minimum absolute atomic E-state index is 0.178. The van der Waals surface area contributed by atoms with Gasteiger partial charge in [0.25, 0.3) is 0 Å². The quantitative estimate of drug-likeness (QED) is 0.487. The molecule has 0 aliphatic rings. The van der Waals surface area contributed by atoms with E-state index >= 15 is 0 Å². The Bertz CT molecular complexity index is 1080. The van der Waals surface area contributed by atoms with Crippen LogP contribution in [0, 0.1) is 5.82 Å². The third kappa shape index (κ3) is 5.25. The van der Waals surface area contributed by atoms with Gasteiger partial charge in [-0.2, -0.15) is 5.10 Å². The van der Waals surface area contributed by atoms with Gasteiger partial charge in [-0.25, -0.2) is 17.1 Å². The standard InChI is InChI=1S/C22H26FN3O3S/c1-26(30(27,28)22-13-6-5-12-21(22)29-2)14-7-3-4-11-19-16-20(25-24-19)17-9-8-10-18(23)15-17/h5-6,8-10,12-13,15-16H,3-4,7,11,14H2,1-2H3,(H,24,25). The molecule has 1 heterocycles. The molecule has 1 N–H and O–H groups in total. The molecule has 8 heteroatoms. The van der Waals surface area contributed by atoms with E-state index in [0.717, 1.165) is 36.9 Å². The van der Waals surface area contributed by atoms with Crippen molar-refractivity contribution < 1.29 is 17.5 Å². The highest BCUT2D eigenvalue weighted by atomic mass is 32.2. The molecule has 3 aromatic rings. The highest BCUT2D eigenvalue weighted by molar-refractivity contribution is 7.89. The summed E-state index contributed by atoms with van der Waals surface area (Å²) >= 11 is 0. The van der Waals surface area contributed by atoms with Gasteiger partial charge in [-0.15, -0.1) is 0 Å². The van der Waals surface area contributed by atoms with E-state index in [-0.39, 0.29) is 10.7 Å². The molecule has 0 aliphatic carbocycles. The van der Waals surface area contributed by atoms with E-state index in [1.54, 1.807) is 37.4 Å². The molecule has 0 bridgehead atoms. The Labute approximate surface area is 176 Å². The van der Waals surface area contributed by atoms with Crippen molar-refractivity contribution >= 4 is 10.0 Å². The van der Waals surface area contributed by atoms with Crippen molar-refractivity contribution in [2.24, 2.45) is 0 Å². The minimum atomic E-state index is -3.59. The fraction of sp³-hybridized carbons (Fsp3) is 0.318. The van der Waals surface area contributed by atoms with Crippen LogP contribution in [0.15, 0.2) is 59.5 Å². The molecule has 0 atom stereocenters. The van der Waals surface area contributed by atoms with E-state index in [2.05, 4.69) is 10.2 Å². The average molecular weight is 432 g/mol. The molecule has 6 nitrogen and oxygen atoms in total. The average Bonchev–Trinajstić information content (AvgIpc) is 3.22. The molecule has 0 spiro atoms. The van der Waals surface area contributed by atoms with Crippen molar-refractivity contribution in [1.29, 1.82) is 0 Å². The van der Waals surface area contributed by atoms with Crippen molar-refractivity contribution in [3.63, 3.8) is 0 Å². The Morgan fingerprint density at radius 3 is 2.63 bits per heavy atom. The number of para-hydroxylation sites is 1. The Hall–Kier alpha value is -2.71. The number of sulfonamides is 1. The van der Waals surface area contributed by atoms with Crippen molar-refractivity contribution in [3.05, 3.63) is 66.1 Å². The predicted molar refractivity (Wildman–Crippen MR) is 114 cm³/mol. The Kier molecular flexibility index (Phi) is 7.23. The van der Waals surface area contributed by atoms with E-state index in [1.165, 1.54) is 23.5 Å². The summed E-state index contributed by atoms with van der Waals surface area (Å²) in [6.07, 6.45) is 3.31. The number of rotatable bonds is 10. The summed E-state index contributed by atoms with van der Waals surface area (Å²) in [5, 5.41) is 7.23. The van der Waals surface area contributed by atoms with Gasteiger partial charge in [-0.1, -0.05) is 30.7 Å². The summed E-state index contributed by atoms with van der Waals surface area (Å²) < 4.78 is 45.4. The maximum atomic E-state index is 13.4. The molecule has 1 aromatic heterocycles. The smallest absolute Gasteiger partial charge is 0.246 e. The van der Waals surface area contributed by atoms with E-state index in [9.17, 15) is 12.8 Å². The summed E-state index contributed by atoms with van der Waals surface area (Å²) in [6.45, 7) is 0.428. The van der Waals surface area contributed by atoms with Gasteiger partial charge in [0.05, 0.1) is 12.8 Å². The fourth-order valence-corrected chi connectivity index (χ4v) is 4.59. The monoisotopic (exact) mass is 431 g/mol. The predicted octanol–water partition coefficient (Wildman–Crippen LogP) is 4.26. The number of methoxy groups -OCH3 is 1. The van der Waals surface area contributed by atoms with Crippen LogP contribution in [0.25, 0.3) is 11.3 Å². The number of hydrogen-bond donors (Lipinski definition) is 1. The van der Waals surface area contributed by atoms with Crippen LogP contribution >= 0.6 is 0 Å². The highest BCUT2D eigenvalue weighted by Crippen LogP contribution is 2.26. The Balaban J connectivity index is 1.47. The van der Waals surface area contributed by atoms with Gasteiger partial charge in [-0.3, -0.25) is 5.10 Å². The SMILES string of the molecule is COc1ccccc1S(=O)(=O)N(C)CCCCCc1cc(-c2cccc(F)c2)n[nH]1. The lowest BCUT2D eigenvalue weighted by atomic mass is 10.1. The number of benzene rings is 2. The van der Waals surface area contributed by atoms with Gasteiger partial charge in [0.1, 0.15) is 16.5 Å². The number of H-pyrrole nitrogens is 1. The molecule has 0 fully saturated rings. The zero-order chi connectivity index (χ0) is 21.6. The summed E-state index contributed by atoms with van der Waals surface area (Å²) in [6, 6.07) is 14.9. The zero-order valence-corrected chi connectivity index (χ0v) is 18.0. The van der Waals surface area contributed by atoms with E-state index in [1.807, 2.05) is 12.1 Å². The van der Waals surface area contributed by atoms with Crippen LogP contribution in [0.3, 0.4) is 0 Å². The zero-order valence-electron chi connectivity index (χ0n) is 17.1. The molecule has 0 saturated heterocycles. The number of nitrogens with one attached hydrogen (secondary N) is 1. The van der Waals surface area contributed by atoms with Gasteiger partial charge in [0.2, 0.25) is 10.0 Å². The first kappa shape index (κ1) is 22.0. The largest absolute Gasteiger partial charge is 0.495 e. The molecule has 30 heavy (non-hydrogen) atoms. The minimum Gasteiger partial charge on any atom is -0.495 e. The van der Waals surface area contributed by atoms with Gasteiger partial charge < -0.3 is 4.74 Å². The first-order valence-corrected chi connectivity index (χ1v) is 11.3. The molecule has 0 amide bonds. The van der Waals surface area contributed by atoms with Gasteiger partial charge in [-0.05, 0) is 49.6 Å². The van der Waals surface area contributed by atoms with Crippen LogP contribution in [-0.2, 0) is 16.4 Å². The number of aromatic amines is 1. The van der Waals surface area contributed by atoms with E-state index in [0.29, 0.717) is 18.0 Å². The number of unbranched alkanes of at least 4 members (excludes halogenated alkanes) is 2. The number of hydrogen-bond acceptors (Lipinski definition) is 4. The van der Waals surface area contributed by atoms with Crippen LogP contribution in [0.4, 0.5) is 4.39 Å². The van der Waals surface area contributed by atoms with Crippen molar-refractivity contribution in [3.8, 4) is 17.0 Å². The normalized spacial score (nSPS) is 11.7. The summed E-state index contributed by atoms with van der Waals surface area (Å²) in [5.41, 5.74) is 2.43. The second kappa shape index (κ2) is 9.86. The summed E-state index contributed by atoms with van der Waals surface area (Å²) in [7, 11) is -0.543. The number of aromatic nitrogens is 2. The molecule has 160 valence electrons. The lowest BCUT2D eigenvalue weighted by molar-refractivity contribution is 0.397. The lowest BCUT2D eigenvalue weighted by Crippen LogP contribution is -2.28. The Morgan fingerprint density at radius 1 is 1.07 bits per heavy atom. The maximum absolute atomic E-state index is 13.4. The van der Waals surface area contributed by atoms with Crippen molar-refractivity contribution in [1.82, 2.24) is 14.5 Å². The number of nitrogens with zero attached hydrogens (tertiary/aromatic N) is 2. The van der Waals surface area contributed by atoms with E-state index < -0.39 is 10.0 Å².